The molecule has 0 radical (unpaired) electrons. The first kappa shape index (κ1) is 14.1. The first-order valence-corrected chi connectivity index (χ1v) is 6.78. The van der Waals surface area contributed by atoms with Crippen LogP contribution in [0.4, 0.5) is 0 Å². The van der Waals surface area contributed by atoms with Crippen molar-refractivity contribution in [2.75, 3.05) is 0 Å². The lowest BCUT2D eigenvalue weighted by molar-refractivity contribution is 0.0935. The molecule has 7 heteroatoms. The van der Waals surface area contributed by atoms with Crippen molar-refractivity contribution in [1.82, 2.24) is 14.9 Å². The fourth-order valence-electron chi connectivity index (χ4n) is 2.34. The summed E-state index contributed by atoms with van der Waals surface area (Å²) in [5.41, 5.74) is 0.0520. The largest absolute Gasteiger partial charge is 0.467 e. The van der Waals surface area contributed by atoms with E-state index in [9.17, 15) is 9.59 Å². The van der Waals surface area contributed by atoms with E-state index in [1.165, 1.54) is 17.2 Å². The predicted molar refractivity (Wildman–Crippen MR) is 78.6 cm³/mol. The monoisotopic (exact) mass is 301 g/mol. The third-order valence-corrected chi connectivity index (χ3v) is 3.49. The number of carbonyl (C=O) groups excluding carboxylic acids is 1. The van der Waals surface area contributed by atoms with Gasteiger partial charge in [-0.3, -0.25) is 9.59 Å². The van der Waals surface area contributed by atoms with E-state index in [1.807, 2.05) is 0 Å². The zero-order valence-electron chi connectivity index (χ0n) is 12.4. The minimum Gasteiger partial charge on any atom is -0.467 e. The van der Waals surface area contributed by atoms with E-state index in [0.717, 1.165) is 0 Å². The molecule has 22 heavy (non-hydrogen) atoms. The Labute approximate surface area is 125 Å². The van der Waals surface area contributed by atoms with Crippen LogP contribution >= 0.6 is 0 Å². The van der Waals surface area contributed by atoms with Crippen molar-refractivity contribution in [3.63, 3.8) is 0 Å². The van der Waals surface area contributed by atoms with Gasteiger partial charge in [0.1, 0.15) is 23.2 Å². The van der Waals surface area contributed by atoms with Crippen molar-refractivity contribution in [2.24, 2.45) is 7.05 Å². The lowest BCUT2D eigenvalue weighted by atomic mass is 10.1. The zero-order valence-corrected chi connectivity index (χ0v) is 12.4. The van der Waals surface area contributed by atoms with Gasteiger partial charge in [-0.25, -0.2) is 4.98 Å². The maximum Gasteiger partial charge on any atom is 0.265 e. The minimum absolute atomic E-state index is 0.163. The van der Waals surface area contributed by atoms with Crippen LogP contribution < -0.4 is 10.9 Å². The number of nitrogens with one attached hydrogen (secondary N) is 1. The van der Waals surface area contributed by atoms with Crippen LogP contribution in [0.2, 0.25) is 0 Å². The molecule has 1 N–H and O–H groups in total. The average molecular weight is 301 g/mol. The number of aryl methyl sites for hydroxylation is 2. The molecule has 0 unspecified atom stereocenters. The highest BCUT2D eigenvalue weighted by atomic mass is 16.3. The topological polar surface area (TPSA) is 90.3 Å². The SMILES string of the molecule is Cc1oc2ncn(C)c(=O)c2c1C(=O)N[C@@H](C)c1ccco1. The molecule has 0 aliphatic rings. The number of aromatic nitrogens is 2. The number of carbonyl (C=O) groups is 1. The van der Waals surface area contributed by atoms with Crippen molar-refractivity contribution in [2.45, 2.75) is 19.9 Å². The molecular weight excluding hydrogens is 286 g/mol. The first-order chi connectivity index (χ1) is 10.5. The van der Waals surface area contributed by atoms with Crippen LogP contribution in [0.5, 0.6) is 0 Å². The summed E-state index contributed by atoms with van der Waals surface area (Å²) in [4.78, 5) is 28.8. The van der Waals surface area contributed by atoms with Gasteiger partial charge in [0.05, 0.1) is 17.9 Å². The van der Waals surface area contributed by atoms with E-state index in [-0.39, 0.29) is 28.3 Å². The lowest BCUT2D eigenvalue weighted by Crippen LogP contribution is -2.28. The molecule has 0 spiro atoms. The van der Waals surface area contributed by atoms with E-state index in [0.29, 0.717) is 11.5 Å². The molecule has 0 saturated heterocycles. The molecule has 0 aromatic carbocycles. The normalized spacial score (nSPS) is 12.5. The molecule has 1 atom stereocenters. The van der Waals surface area contributed by atoms with Crippen LogP contribution in [0.1, 0.15) is 34.8 Å². The molecule has 3 heterocycles. The third-order valence-electron chi connectivity index (χ3n) is 3.49. The van der Waals surface area contributed by atoms with Crippen LogP contribution in [0.15, 0.2) is 38.4 Å². The van der Waals surface area contributed by atoms with Crippen molar-refractivity contribution < 1.29 is 13.6 Å². The number of rotatable bonds is 3. The van der Waals surface area contributed by atoms with E-state index < -0.39 is 5.91 Å². The van der Waals surface area contributed by atoms with Gasteiger partial charge < -0.3 is 18.7 Å². The average Bonchev–Trinajstić information content (AvgIpc) is 3.10. The Morgan fingerprint density at radius 2 is 2.23 bits per heavy atom. The van der Waals surface area contributed by atoms with Gasteiger partial charge in [0, 0.05) is 7.05 Å². The lowest BCUT2D eigenvalue weighted by Gasteiger charge is -2.11. The van der Waals surface area contributed by atoms with Gasteiger partial charge in [-0.2, -0.15) is 0 Å². The summed E-state index contributed by atoms with van der Waals surface area (Å²) in [5.74, 6) is 0.588. The quantitative estimate of drug-likeness (QED) is 0.798. The van der Waals surface area contributed by atoms with Gasteiger partial charge in [-0.05, 0) is 26.0 Å². The number of hydrogen-bond donors (Lipinski definition) is 1. The van der Waals surface area contributed by atoms with Crippen LogP contribution in [-0.4, -0.2) is 15.5 Å². The predicted octanol–water partition coefficient (Wildman–Crippen LogP) is 1.92. The van der Waals surface area contributed by atoms with E-state index >= 15 is 0 Å². The molecule has 3 aromatic heterocycles. The molecule has 3 aromatic rings. The second-order valence-corrected chi connectivity index (χ2v) is 5.08. The molecule has 0 aliphatic heterocycles. The highest BCUT2D eigenvalue weighted by molar-refractivity contribution is 6.06. The third kappa shape index (κ3) is 2.20. The highest BCUT2D eigenvalue weighted by Gasteiger charge is 2.24. The highest BCUT2D eigenvalue weighted by Crippen LogP contribution is 2.22. The number of furan rings is 2. The van der Waals surface area contributed by atoms with E-state index in [1.54, 1.807) is 33.0 Å². The van der Waals surface area contributed by atoms with Gasteiger partial charge in [0.25, 0.3) is 11.5 Å². The fourth-order valence-corrected chi connectivity index (χ4v) is 2.34. The summed E-state index contributed by atoms with van der Waals surface area (Å²) in [6.07, 6.45) is 2.90. The van der Waals surface area contributed by atoms with Crippen LogP contribution in [-0.2, 0) is 7.05 Å². The molecule has 114 valence electrons. The number of fused-ring (bicyclic) bond motifs is 1. The number of hydrogen-bond acceptors (Lipinski definition) is 5. The van der Waals surface area contributed by atoms with E-state index in [4.69, 9.17) is 8.83 Å². The van der Waals surface area contributed by atoms with Gasteiger partial charge in [0.15, 0.2) is 0 Å². The van der Waals surface area contributed by atoms with Crippen LogP contribution in [0.25, 0.3) is 11.1 Å². The Morgan fingerprint density at radius 3 is 2.91 bits per heavy atom. The Kier molecular flexibility index (Phi) is 3.32. The molecule has 0 fully saturated rings. The molecular formula is C15H15N3O4. The summed E-state index contributed by atoms with van der Waals surface area (Å²) in [6, 6.07) is 3.19. The zero-order chi connectivity index (χ0) is 15.9. The number of amides is 1. The standard InChI is InChI=1S/C15H15N3O4/c1-8(10-5-4-6-21-10)17-13(19)11-9(2)22-14-12(11)15(20)18(3)7-16-14/h4-8H,1-3H3,(H,17,19)/t8-/m0/s1. The van der Waals surface area contributed by atoms with Gasteiger partial charge >= 0.3 is 0 Å². The van der Waals surface area contributed by atoms with Crippen LogP contribution in [0.3, 0.4) is 0 Å². The summed E-state index contributed by atoms with van der Waals surface area (Å²) in [5, 5.41) is 2.98. The summed E-state index contributed by atoms with van der Waals surface area (Å²) in [6.45, 7) is 3.43. The molecule has 0 saturated carbocycles. The maximum absolute atomic E-state index is 12.5. The summed E-state index contributed by atoms with van der Waals surface area (Å²) >= 11 is 0. The first-order valence-electron chi connectivity index (χ1n) is 6.78. The van der Waals surface area contributed by atoms with Gasteiger partial charge in [0.2, 0.25) is 5.71 Å². The maximum atomic E-state index is 12.5. The fraction of sp³-hybridized carbons (Fsp3) is 0.267. The summed E-state index contributed by atoms with van der Waals surface area (Å²) < 4.78 is 12.0. The number of nitrogens with zero attached hydrogens (tertiary/aromatic N) is 2. The second kappa shape index (κ2) is 5.18. The van der Waals surface area contributed by atoms with Crippen molar-refractivity contribution in [1.29, 1.82) is 0 Å². The van der Waals surface area contributed by atoms with Crippen molar-refractivity contribution >= 4 is 17.0 Å². The van der Waals surface area contributed by atoms with Gasteiger partial charge in [-0.1, -0.05) is 0 Å². The summed E-state index contributed by atoms with van der Waals surface area (Å²) in [7, 11) is 1.57. The Balaban J connectivity index is 2.02. The van der Waals surface area contributed by atoms with Gasteiger partial charge in [-0.15, -0.1) is 0 Å². The molecule has 1 amide bonds. The Hall–Kier alpha value is -2.83. The molecule has 3 rings (SSSR count). The van der Waals surface area contributed by atoms with Crippen molar-refractivity contribution in [3.8, 4) is 0 Å². The van der Waals surface area contributed by atoms with Crippen molar-refractivity contribution in [3.05, 3.63) is 52.2 Å². The second-order valence-electron chi connectivity index (χ2n) is 5.08. The minimum atomic E-state index is -0.398. The molecule has 0 bridgehead atoms. The van der Waals surface area contributed by atoms with E-state index in [2.05, 4.69) is 10.3 Å². The van der Waals surface area contributed by atoms with Crippen LogP contribution in [0, 0.1) is 6.92 Å². The molecule has 0 aliphatic carbocycles. The Morgan fingerprint density at radius 1 is 1.45 bits per heavy atom. The Bertz CT molecular complexity index is 890. The smallest absolute Gasteiger partial charge is 0.265 e. The molecule has 7 nitrogen and oxygen atoms in total.